The van der Waals surface area contributed by atoms with Crippen molar-refractivity contribution in [1.82, 2.24) is 14.5 Å². The highest BCUT2D eigenvalue weighted by Gasteiger charge is 2.28. The van der Waals surface area contributed by atoms with Crippen molar-refractivity contribution in [2.45, 2.75) is 59.2 Å². The number of para-hydroxylation sites is 2. The van der Waals surface area contributed by atoms with Gasteiger partial charge < -0.3 is 14.4 Å². The van der Waals surface area contributed by atoms with Gasteiger partial charge in [-0.3, -0.25) is 0 Å². The van der Waals surface area contributed by atoms with E-state index in [-0.39, 0.29) is 6.09 Å². The van der Waals surface area contributed by atoms with Crippen molar-refractivity contribution in [2.24, 2.45) is 0 Å². The Hall–Kier alpha value is -2.83. The number of hydrogen-bond acceptors (Lipinski definition) is 5. The average Bonchev–Trinajstić information content (AvgIpc) is 2.98. The molecule has 1 aromatic heterocycles. The molecule has 156 valence electrons. The Balaban J connectivity index is 1.91. The van der Waals surface area contributed by atoms with Crippen LogP contribution in [0, 0.1) is 0 Å². The molecule has 0 bridgehead atoms. The van der Waals surface area contributed by atoms with E-state index in [2.05, 4.69) is 4.98 Å². The van der Waals surface area contributed by atoms with Crippen molar-refractivity contribution < 1.29 is 19.1 Å². The summed E-state index contributed by atoms with van der Waals surface area (Å²) in [6.07, 6.45) is 1.70. The number of amides is 1. The van der Waals surface area contributed by atoms with Crippen LogP contribution in [0.1, 0.15) is 53.8 Å². The number of carbonyl (C=O) groups excluding carboxylic acids is 2. The van der Waals surface area contributed by atoms with E-state index in [0.717, 1.165) is 11.1 Å². The van der Waals surface area contributed by atoms with Gasteiger partial charge in [-0.25, -0.2) is 19.1 Å². The second-order valence-corrected chi connectivity index (χ2v) is 9.15. The quantitative estimate of drug-likeness (QED) is 0.686. The van der Waals surface area contributed by atoms with Crippen molar-refractivity contribution in [3.63, 3.8) is 0 Å². The summed E-state index contributed by atoms with van der Waals surface area (Å²) in [4.78, 5) is 31.6. The van der Waals surface area contributed by atoms with Gasteiger partial charge in [0.2, 0.25) is 0 Å². The molecule has 0 unspecified atom stereocenters. The lowest BCUT2D eigenvalue weighted by Crippen LogP contribution is -2.39. The minimum absolute atomic E-state index is 0.339. The molecule has 0 saturated heterocycles. The van der Waals surface area contributed by atoms with E-state index >= 15 is 0 Å². The number of hydrogen-bond donors (Lipinski definition) is 0. The Kier molecular flexibility index (Phi) is 5.43. The summed E-state index contributed by atoms with van der Waals surface area (Å²) in [6, 6.07) is 7.48. The number of aromatic nitrogens is 2. The molecule has 0 spiro atoms. The molecule has 0 atom stereocenters. The first-order valence-corrected chi connectivity index (χ1v) is 9.83. The number of fused-ring (bicyclic) bond motifs is 1. The summed E-state index contributed by atoms with van der Waals surface area (Å²) in [5.41, 5.74) is 1.18. The molecule has 0 fully saturated rings. The van der Waals surface area contributed by atoms with Crippen LogP contribution < -0.4 is 0 Å². The zero-order chi connectivity index (χ0) is 21.4. The molecule has 0 saturated carbocycles. The van der Waals surface area contributed by atoms with Gasteiger partial charge in [0.15, 0.2) is 0 Å². The summed E-state index contributed by atoms with van der Waals surface area (Å²) in [5, 5.41) is 0. The number of imidazole rings is 1. The normalized spacial score (nSPS) is 15.2. The first-order valence-electron chi connectivity index (χ1n) is 9.83. The van der Waals surface area contributed by atoms with Crippen LogP contribution in [0.3, 0.4) is 0 Å². The summed E-state index contributed by atoms with van der Waals surface area (Å²) in [6.45, 7) is 11.9. The van der Waals surface area contributed by atoms with Crippen LogP contribution in [-0.4, -0.2) is 50.9 Å². The SMILES string of the molecule is CC(C)(C)OC(=O)N1CC=C(c2nc3ccccc3n2C(=O)OC(C)(C)C)CC1. The van der Waals surface area contributed by atoms with E-state index in [1.165, 1.54) is 4.57 Å². The van der Waals surface area contributed by atoms with Gasteiger partial charge in [-0.05, 0) is 65.7 Å². The molecule has 1 aliphatic heterocycles. The minimum atomic E-state index is -0.617. The molecule has 1 aromatic carbocycles. The van der Waals surface area contributed by atoms with Gasteiger partial charge >= 0.3 is 12.2 Å². The Morgan fingerprint density at radius 3 is 2.17 bits per heavy atom. The third kappa shape index (κ3) is 4.96. The second-order valence-electron chi connectivity index (χ2n) is 9.15. The van der Waals surface area contributed by atoms with Crippen LogP contribution in [0.5, 0.6) is 0 Å². The standard InChI is InChI=1S/C22H29N3O4/c1-21(2,3)28-19(26)24-13-11-15(12-14-24)18-23-16-9-7-8-10-17(16)25(18)20(27)29-22(4,5)6/h7-11H,12-14H2,1-6H3. The van der Waals surface area contributed by atoms with Gasteiger partial charge in [0.25, 0.3) is 0 Å². The molecule has 29 heavy (non-hydrogen) atoms. The number of nitrogens with zero attached hydrogens (tertiary/aromatic N) is 3. The zero-order valence-electron chi connectivity index (χ0n) is 18.0. The Labute approximate surface area is 171 Å². The molecule has 3 rings (SSSR count). The van der Waals surface area contributed by atoms with Crippen LogP contribution in [0.2, 0.25) is 0 Å². The average molecular weight is 399 g/mol. The number of carbonyl (C=O) groups is 2. The Morgan fingerprint density at radius 2 is 1.59 bits per heavy atom. The molecule has 1 amide bonds. The predicted octanol–water partition coefficient (Wildman–Crippen LogP) is 4.84. The first-order chi connectivity index (χ1) is 13.4. The third-order valence-electron chi connectivity index (χ3n) is 4.28. The van der Waals surface area contributed by atoms with Crippen LogP contribution >= 0.6 is 0 Å². The Morgan fingerprint density at radius 1 is 0.966 bits per heavy atom. The van der Waals surface area contributed by atoms with Crippen molar-refractivity contribution in [3.8, 4) is 0 Å². The van der Waals surface area contributed by atoms with Crippen molar-refractivity contribution >= 4 is 28.8 Å². The summed E-state index contributed by atoms with van der Waals surface area (Å²) < 4.78 is 12.6. The van der Waals surface area contributed by atoms with Crippen LogP contribution in [-0.2, 0) is 9.47 Å². The first kappa shape index (κ1) is 20.9. The van der Waals surface area contributed by atoms with Gasteiger partial charge in [-0.15, -0.1) is 0 Å². The number of ether oxygens (including phenoxy) is 2. The second kappa shape index (κ2) is 7.54. The third-order valence-corrected chi connectivity index (χ3v) is 4.28. The zero-order valence-corrected chi connectivity index (χ0v) is 18.0. The van der Waals surface area contributed by atoms with Gasteiger partial charge in [0, 0.05) is 13.1 Å². The van der Waals surface area contributed by atoms with Crippen molar-refractivity contribution in [1.29, 1.82) is 0 Å². The molecule has 0 aliphatic carbocycles. The van der Waals surface area contributed by atoms with Crippen molar-refractivity contribution in [2.75, 3.05) is 13.1 Å². The summed E-state index contributed by atoms with van der Waals surface area (Å²) in [5.74, 6) is 0.560. The topological polar surface area (TPSA) is 73.7 Å². The molecular weight excluding hydrogens is 370 g/mol. The lowest BCUT2D eigenvalue weighted by atomic mass is 10.1. The fourth-order valence-corrected chi connectivity index (χ4v) is 3.10. The lowest BCUT2D eigenvalue weighted by molar-refractivity contribution is 0.0269. The van der Waals surface area contributed by atoms with Crippen molar-refractivity contribution in [3.05, 3.63) is 36.2 Å². The van der Waals surface area contributed by atoms with Gasteiger partial charge in [-0.2, -0.15) is 0 Å². The largest absolute Gasteiger partial charge is 0.444 e. The van der Waals surface area contributed by atoms with E-state index in [0.29, 0.717) is 30.9 Å². The Bertz CT molecular complexity index is 961. The highest BCUT2D eigenvalue weighted by atomic mass is 16.6. The maximum Gasteiger partial charge on any atom is 0.420 e. The molecule has 0 radical (unpaired) electrons. The molecular formula is C22H29N3O4. The van der Waals surface area contributed by atoms with Gasteiger partial charge in [0.1, 0.15) is 17.0 Å². The van der Waals surface area contributed by atoms with Gasteiger partial charge in [-0.1, -0.05) is 18.2 Å². The smallest absolute Gasteiger partial charge is 0.420 e. The molecule has 7 nitrogen and oxygen atoms in total. The molecule has 2 aromatic rings. The molecule has 1 aliphatic rings. The van der Waals surface area contributed by atoms with Crippen LogP contribution in [0.15, 0.2) is 30.3 Å². The maximum absolute atomic E-state index is 12.9. The van der Waals surface area contributed by atoms with E-state index in [1.54, 1.807) is 4.90 Å². The number of rotatable bonds is 1. The monoisotopic (exact) mass is 399 g/mol. The highest BCUT2D eigenvalue weighted by Crippen LogP contribution is 2.27. The van der Waals surface area contributed by atoms with Crippen LogP contribution in [0.25, 0.3) is 16.6 Å². The van der Waals surface area contributed by atoms with E-state index in [9.17, 15) is 9.59 Å². The lowest BCUT2D eigenvalue weighted by Gasteiger charge is -2.29. The van der Waals surface area contributed by atoms with Crippen LogP contribution in [0.4, 0.5) is 9.59 Å². The fourth-order valence-electron chi connectivity index (χ4n) is 3.10. The molecule has 2 heterocycles. The molecule has 0 N–H and O–H groups in total. The summed E-state index contributed by atoms with van der Waals surface area (Å²) in [7, 11) is 0. The van der Waals surface area contributed by atoms with Gasteiger partial charge in [0.05, 0.1) is 11.0 Å². The molecule has 7 heteroatoms. The summed E-state index contributed by atoms with van der Waals surface area (Å²) >= 11 is 0. The maximum atomic E-state index is 12.9. The minimum Gasteiger partial charge on any atom is -0.444 e. The highest BCUT2D eigenvalue weighted by molar-refractivity contribution is 5.91. The van der Waals surface area contributed by atoms with E-state index in [1.807, 2.05) is 71.9 Å². The predicted molar refractivity (Wildman–Crippen MR) is 112 cm³/mol. The number of benzene rings is 1. The van der Waals surface area contributed by atoms with E-state index < -0.39 is 17.3 Å². The van der Waals surface area contributed by atoms with E-state index in [4.69, 9.17) is 9.47 Å². The fraction of sp³-hybridized carbons (Fsp3) is 0.500.